The summed E-state index contributed by atoms with van der Waals surface area (Å²) in [6.07, 6.45) is 87.7. The van der Waals surface area contributed by atoms with E-state index < -0.39 is 6.10 Å². The Hall–Kier alpha value is -4.19. The second kappa shape index (κ2) is 63.3. The highest BCUT2D eigenvalue weighted by Gasteiger charge is 2.19. The molecule has 0 aromatic carbocycles. The van der Waals surface area contributed by atoms with Crippen molar-refractivity contribution in [3.8, 4) is 0 Å². The fourth-order valence-electron chi connectivity index (χ4n) is 8.49. The van der Waals surface area contributed by atoms with Crippen LogP contribution < -0.4 is 0 Å². The van der Waals surface area contributed by atoms with Crippen molar-refractivity contribution in [2.75, 3.05) is 13.2 Å². The molecule has 0 aliphatic heterocycles. The summed E-state index contributed by atoms with van der Waals surface area (Å²) in [7, 11) is 0. The minimum absolute atomic E-state index is 0.0858. The van der Waals surface area contributed by atoms with Crippen molar-refractivity contribution in [3.63, 3.8) is 0 Å². The molecule has 0 bridgehead atoms. The number of allylic oxidation sites excluding steroid dienone is 20. The first kappa shape index (κ1) is 71.8. The number of ether oxygens (including phenoxy) is 3. The summed E-state index contributed by atoms with van der Waals surface area (Å²) in [5.41, 5.74) is 0. The largest absolute Gasteiger partial charge is 0.462 e. The van der Waals surface area contributed by atoms with Gasteiger partial charge in [0, 0.05) is 19.3 Å². The van der Waals surface area contributed by atoms with Gasteiger partial charge in [-0.25, -0.2) is 0 Å². The van der Waals surface area contributed by atoms with Gasteiger partial charge in [-0.15, -0.1) is 0 Å². The number of unbranched alkanes of at least 4 members (excludes halogenated alkanes) is 25. The minimum atomic E-state index is -0.789. The molecule has 1 unspecified atom stereocenters. The first-order chi connectivity index (χ1) is 37.5. The number of hydrogen-bond donors (Lipinski definition) is 0. The van der Waals surface area contributed by atoms with Gasteiger partial charge in [0.2, 0.25) is 0 Å². The van der Waals surface area contributed by atoms with Crippen molar-refractivity contribution in [1.82, 2.24) is 0 Å². The van der Waals surface area contributed by atoms with E-state index in [2.05, 4.69) is 142 Å². The highest BCUT2D eigenvalue weighted by molar-refractivity contribution is 5.71. The molecule has 0 spiro atoms. The molecule has 0 aromatic rings. The molecule has 6 nitrogen and oxygen atoms in total. The highest BCUT2D eigenvalue weighted by Crippen LogP contribution is 2.15. The number of carbonyl (C=O) groups excluding carboxylic acids is 3. The van der Waals surface area contributed by atoms with E-state index in [0.29, 0.717) is 19.3 Å². The molecule has 0 aromatic heterocycles. The summed E-state index contributed by atoms with van der Waals surface area (Å²) in [5.74, 6) is -0.908. The third-order valence-corrected chi connectivity index (χ3v) is 13.2. The molecule has 0 N–H and O–H groups in total. The van der Waals surface area contributed by atoms with Crippen LogP contribution in [0.25, 0.3) is 0 Å². The fraction of sp³-hybridized carbons (Fsp3) is 0.671. The van der Waals surface area contributed by atoms with Gasteiger partial charge in [-0.1, -0.05) is 271 Å². The standard InChI is InChI=1S/C70H116O6/c1-4-7-10-13-16-19-22-24-26-28-29-30-31-32-33-34-35-36-37-38-39-40-41-43-44-46-48-51-54-57-60-63-69(72)75-66-67(65-74-68(71)62-59-56-53-50-21-18-15-12-9-6-3)76-70(73)64-61-58-55-52-49-47-45-42-27-25-23-20-17-14-11-8-5-2/h7,10,16-17,19-20,24-27,29-30,32-33,35-36,38-39,41,43,67H,4-6,8-9,11-15,18,21-23,28,31,34,37,40,42,44-66H2,1-3H3/b10-7-,19-16-,20-17-,26-24-,27-25-,30-29-,33-32-,36-35-,39-38-,43-41-. The maximum absolute atomic E-state index is 12.9. The van der Waals surface area contributed by atoms with Gasteiger partial charge in [-0.2, -0.15) is 0 Å². The Balaban J connectivity index is 4.28. The van der Waals surface area contributed by atoms with E-state index in [1.807, 2.05) is 0 Å². The van der Waals surface area contributed by atoms with Gasteiger partial charge in [0.1, 0.15) is 13.2 Å². The van der Waals surface area contributed by atoms with E-state index in [1.165, 1.54) is 109 Å². The van der Waals surface area contributed by atoms with Gasteiger partial charge >= 0.3 is 17.9 Å². The monoisotopic (exact) mass is 1050 g/mol. The highest BCUT2D eigenvalue weighted by atomic mass is 16.6. The lowest BCUT2D eigenvalue weighted by Gasteiger charge is -2.18. The molecule has 76 heavy (non-hydrogen) atoms. The maximum Gasteiger partial charge on any atom is 0.306 e. The van der Waals surface area contributed by atoms with Crippen LogP contribution >= 0.6 is 0 Å². The summed E-state index contributed by atoms with van der Waals surface area (Å²) >= 11 is 0. The Kier molecular flexibility index (Phi) is 59.9. The first-order valence-electron chi connectivity index (χ1n) is 31.5. The smallest absolute Gasteiger partial charge is 0.306 e. The first-order valence-corrected chi connectivity index (χ1v) is 31.5. The summed E-state index contributed by atoms with van der Waals surface area (Å²) in [5, 5.41) is 0. The van der Waals surface area contributed by atoms with Crippen LogP contribution in [0.1, 0.15) is 284 Å². The van der Waals surface area contributed by atoms with Gasteiger partial charge in [0.15, 0.2) is 6.10 Å². The zero-order valence-corrected chi connectivity index (χ0v) is 49.5. The van der Waals surface area contributed by atoms with Crippen molar-refractivity contribution in [3.05, 3.63) is 122 Å². The molecule has 0 aliphatic carbocycles. The number of rotatable bonds is 56. The van der Waals surface area contributed by atoms with E-state index >= 15 is 0 Å². The van der Waals surface area contributed by atoms with Gasteiger partial charge < -0.3 is 14.2 Å². The molecule has 0 amide bonds. The Labute approximate surface area is 469 Å². The molecule has 1 atom stereocenters. The number of carbonyl (C=O) groups is 3. The van der Waals surface area contributed by atoms with Crippen LogP contribution in [0.2, 0.25) is 0 Å². The fourth-order valence-corrected chi connectivity index (χ4v) is 8.49. The van der Waals surface area contributed by atoms with Gasteiger partial charge in [-0.05, 0) is 116 Å². The number of esters is 3. The van der Waals surface area contributed by atoms with E-state index in [9.17, 15) is 14.4 Å². The van der Waals surface area contributed by atoms with Crippen LogP contribution in [0, 0.1) is 0 Å². The third kappa shape index (κ3) is 60.7. The van der Waals surface area contributed by atoms with Crippen molar-refractivity contribution in [1.29, 1.82) is 0 Å². The van der Waals surface area contributed by atoms with Crippen molar-refractivity contribution < 1.29 is 28.6 Å². The van der Waals surface area contributed by atoms with Gasteiger partial charge in [0.05, 0.1) is 0 Å². The molecule has 0 rings (SSSR count). The van der Waals surface area contributed by atoms with E-state index in [-0.39, 0.29) is 31.1 Å². The SMILES string of the molecule is CC/C=C\C/C=C\C/C=C\C/C=C\C/C=C\C/C=C\C/C=C\C/C=C\CCCCCCCCC(=O)OCC(COC(=O)CCCCCCCCCCCC)OC(=O)CCCCCCCCC/C=C\C/C=C\CCCCC. The minimum Gasteiger partial charge on any atom is -0.462 e. The predicted molar refractivity (Wildman–Crippen MR) is 330 cm³/mol. The third-order valence-electron chi connectivity index (χ3n) is 13.2. The lowest BCUT2D eigenvalue weighted by Crippen LogP contribution is -2.30. The zero-order valence-electron chi connectivity index (χ0n) is 49.5. The normalized spacial score (nSPS) is 12.9. The summed E-state index contributed by atoms with van der Waals surface area (Å²) in [6.45, 7) is 6.48. The average Bonchev–Trinajstić information content (AvgIpc) is 3.42. The Morgan fingerprint density at radius 2 is 0.513 bits per heavy atom. The Morgan fingerprint density at radius 3 is 0.829 bits per heavy atom. The predicted octanol–water partition coefficient (Wildman–Crippen LogP) is 21.6. The van der Waals surface area contributed by atoms with Crippen LogP contribution in [-0.2, 0) is 28.6 Å². The van der Waals surface area contributed by atoms with Crippen LogP contribution in [0.4, 0.5) is 0 Å². The number of hydrogen-bond acceptors (Lipinski definition) is 6. The molecule has 0 saturated carbocycles. The maximum atomic E-state index is 12.9. The van der Waals surface area contributed by atoms with Gasteiger partial charge in [0.25, 0.3) is 0 Å². The molecule has 6 heteroatoms. The van der Waals surface area contributed by atoms with E-state index in [4.69, 9.17) is 14.2 Å². The van der Waals surface area contributed by atoms with Crippen LogP contribution in [-0.4, -0.2) is 37.2 Å². The van der Waals surface area contributed by atoms with Crippen molar-refractivity contribution >= 4 is 17.9 Å². The van der Waals surface area contributed by atoms with Crippen molar-refractivity contribution in [2.45, 2.75) is 290 Å². The van der Waals surface area contributed by atoms with Crippen LogP contribution in [0.15, 0.2) is 122 Å². The van der Waals surface area contributed by atoms with E-state index in [1.54, 1.807) is 0 Å². The molecule has 0 fully saturated rings. The van der Waals surface area contributed by atoms with Crippen molar-refractivity contribution in [2.24, 2.45) is 0 Å². The lowest BCUT2D eigenvalue weighted by molar-refractivity contribution is -0.167. The topological polar surface area (TPSA) is 78.9 Å². The quantitative estimate of drug-likeness (QED) is 0.0261. The molecule has 0 radical (unpaired) electrons. The summed E-state index contributed by atoms with van der Waals surface area (Å²) < 4.78 is 16.9. The second-order valence-electron chi connectivity index (χ2n) is 20.6. The summed E-state index contributed by atoms with van der Waals surface area (Å²) in [6, 6.07) is 0. The van der Waals surface area contributed by atoms with Crippen LogP contribution in [0.3, 0.4) is 0 Å². The molecule has 0 aliphatic rings. The molecular formula is C70H116O6. The average molecular weight is 1050 g/mol. The van der Waals surface area contributed by atoms with E-state index in [0.717, 1.165) is 135 Å². The lowest BCUT2D eigenvalue weighted by atomic mass is 10.1. The Bertz CT molecular complexity index is 1590. The molecule has 0 saturated heterocycles. The molecular weight excluding hydrogens is 937 g/mol. The zero-order chi connectivity index (χ0) is 55.0. The second-order valence-corrected chi connectivity index (χ2v) is 20.6. The molecule has 0 heterocycles. The van der Waals surface area contributed by atoms with Gasteiger partial charge in [-0.3, -0.25) is 14.4 Å². The van der Waals surface area contributed by atoms with Crippen LogP contribution in [0.5, 0.6) is 0 Å². The summed E-state index contributed by atoms with van der Waals surface area (Å²) in [4.78, 5) is 38.2. The Morgan fingerprint density at radius 1 is 0.276 bits per heavy atom. The molecule has 432 valence electrons.